The van der Waals surface area contributed by atoms with Gasteiger partial charge in [0.05, 0.1) is 6.61 Å². The molecule has 0 heterocycles. The molecule has 0 saturated heterocycles. The van der Waals surface area contributed by atoms with Crippen LogP contribution in [0.5, 0.6) is 0 Å². The first-order valence-corrected chi connectivity index (χ1v) is 30.1. The van der Waals surface area contributed by atoms with Crippen LogP contribution in [0.25, 0.3) is 0 Å². The number of rotatable bonds is 55. The summed E-state index contributed by atoms with van der Waals surface area (Å²) in [6.45, 7) is 7.74. The van der Waals surface area contributed by atoms with Crippen molar-refractivity contribution in [1.29, 1.82) is 0 Å². The first-order valence-electron chi connectivity index (χ1n) is 30.1. The van der Waals surface area contributed by atoms with E-state index >= 15 is 0 Å². The Morgan fingerprint density at radius 1 is 0.314 bits per heavy atom. The van der Waals surface area contributed by atoms with Crippen LogP contribution in [0.1, 0.15) is 290 Å². The number of carbonyl (C=O) groups is 2. The Hall–Kier alpha value is -2.92. The van der Waals surface area contributed by atoms with Gasteiger partial charge >= 0.3 is 11.9 Å². The normalized spacial score (nSPS) is 12.8. The Morgan fingerprint density at radius 3 is 0.957 bits per heavy atom. The van der Waals surface area contributed by atoms with Gasteiger partial charge in [-0.15, -0.1) is 0 Å². The number of allylic oxidation sites excluding steroid dienone is 14. The molecule has 0 spiro atoms. The number of hydrogen-bond donors (Lipinski definition) is 0. The third kappa shape index (κ3) is 57.7. The topological polar surface area (TPSA) is 61.8 Å². The lowest BCUT2D eigenvalue weighted by Crippen LogP contribution is -2.30. The Kier molecular flexibility index (Phi) is 57.9. The predicted molar refractivity (Wildman–Crippen MR) is 307 cm³/mol. The first kappa shape index (κ1) is 67.1. The monoisotopic (exact) mass is 975 g/mol. The van der Waals surface area contributed by atoms with E-state index in [0.29, 0.717) is 19.4 Å². The maximum atomic E-state index is 12.9. The van der Waals surface area contributed by atoms with Gasteiger partial charge in [0.2, 0.25) is 0 Å². The summed E-state index contributed by atoms with van der Waals surface area (Å²) in [7, 11) is 0. The Balaban J connectivity index is 4.33. The standard InChI is InChI=1S/C65H114O5/c1-4-7-10-13-16-19-22-25-28-31-33-35-37-40-43-46-49-52-55-58-64(66)69-62-63(61-68-60-57-54-51-48-45-42-39-36-32-29-26-23-20-17-14-11-8-5-2)70-65(67)59-56-53-50-47-44-41-38-34-30-27-24-21-18-15-12-9-6-3/h16-21,25-30,33,35,63H,4-15,22-24,31-32,34,36-62H2,1-3H3/b19-16-,20-17-,21-18-,28-25-,29-26-,30-27-,35-33-. The molecule has 0 amide bonds. The van der Waals surface area contributed by atoms with E-state index in [1.165, 1.54) is 173 Å². The number of unbranched alkanes of at least 4 members (excludes halogenated alkanes) is 30. The van der Waals surface area contributed by atoms with Crippen molar-refractivity contribution >= 4 is 11.9 Å². The fourth-order valence-electron chi connectivity index (χ4n) is 8.34. The smallest absolute Gasteiger partial charge is 0.306 e. The maximum Gasteiger partial charge on any atom is 0.306 e. The largest absolute Gasteiger partial charge is 0.462 e. The lowest BCUT2D eigenvalue weighted by atomic mass is 10.1. The van der Waals surface area contributed by atoms with Gasteiger partial charge in [-0.25, -0.2) is 0 Å². The van der Waals surface area contributed by atoms with Gasteiger partial charge < -0.3 is 14.2 Å². The van der Waals surface area contributed by atoms with Crippen LogP contribution < -0.4 is 0 Å². The average molecular weight is 976 g/mol. The summed E-state index contributed by atoms with van der Waals surface area (Å²) in [6.07, 6.45) is 80.3. The molecule has 1 atom stereocenters. The highest BCUT2D eigenvalue weighted by Crippen LogP contribution is 2.15. The second-order valence-electron chi connectivity index (χ2n) is 19.9. The molecular formula is C65H114O5. The number of ether oxygens (including phenoxy) is 3. The summed E-state index contributed by atoms with van der Waals surface area (Å²) in [5, 5.41) is 0. The molecule has 70 heavy (non-hydrogen) atoms. The van der Waals surface area contributed by atoms with Crippen molar-refractivity contribution in [2.45, 2.75) is 297 Å². The molecule has 0 aromatic heterocycles. The maximum absolute atomic E-state index is 12.9. The molecule has 0 aromatic carbocycles. The molecule has 0 aliphatic heterocycles. The molecule has 0 aliphatic carbocycles. The Labute approximate surface area is 435 Å². The molecule has 0 rings (SSSR count). The molecule has 0 bridgehead atoms. The van der Waals surface area contributed by atoms with Crippen LogP contribution in [0.15, 0.2) is 85.1 Å². The summed E-state index contributed by atoms with van der Waals surface area (Å²) in [4.78, 5) is 25.6. The second-order valence-corrected chi connectivity index (χ2v) is 19.9. The fraction of sp³-hybridized carbons (Fsp3) is 0.754. The van der Waals surface area contributed by atoms with Crippen LogP contribution in [-0.4, -0.2) is 37.9 Å². The molecule has 0 aromatic rings. The number of hydrogen-bond acceptors (Lipinski definition) is 5. The van der Waals surface area contributed by atoms with E-state index in [1.807, 2.05) is 0 Å². The lowest BCUT2D eigenvalue weighted by Gasteiger charge is -2.18. The molecule has 0 saturated carbocycles. The van der Waals surface area contributed by atoms with Crippen molar-refractivity contribution < 1.29 is 23.8 Å². The summed E-state index contributed by atoms with van der Waals surface area (Å²) in [5.74, 6) is -0.417. The van der Waals surface area contributed by atoms with Gasteiger partial charge in [-0.2, -0.15) is 0 Å². The fourth-order valence-corrected chi connectivity index (χ4v) is 8.34. The highest BCUT2D eigenvalue weighted by Gasteiger charge is 2.17. The predicted octanol–water partition coefficient (Wildman–Crippen LogP) is 20.8. The summed E-state index contributed by atoms with van der Waals surface area (Å²) < 4.78 is 17.5. The molecule has 0 aliphatic rings. The van der Waals surface area contributed by atoms with Gasteiger partial charge in [-0.3, -0.25) is 9.59 Å². The number of esters is 2. The van der Waals surface area contributed by atoms with E-state index in [0.717, 1.165) is 83.5 Å². The van der Waals surface area contributed by atoms with E-state index in [9.17, 15) is 9.59 Å². The van der Waals surface area contributed by atoms with E-state index in [4.69, 9.17) is 14.2 Å². The number of carbonyl (C=O) groups excluding carboxylic acids is 2. The van der Waals surface area contributed by atoms with E-state index < -0.39 is 6.10 Å². The van der Waals surface area contributed by atoms with Gasteiger partial charge in [0.25, 0.3) is 0 Å². The zero-order valence-electron chi connectivity index (χ0n) is 46.5. The molecule has 1 unspecified atom stereocenters. The van der Waals surface area contributed by atoms with E-state index in [1.54, 1.807) is 0 Å². The molecular weight excluding hydrogens is 861 g/mol. The third-order valence-corrected chi connectivity index (χ3v) is 12.9. The highest BCUT2D eigenvalue weighted by atomic mass is 16.6. The molecule has 404 valence electrons. The molecule has 0 radical (unpaired) electrons. The van der Waals surface area contributed by atoms with Crippen molar-refractivity contribution in [2.75, 3.05) is 19.8 Å². The highest BCUT2D eigenvalue weighted by molar-refractivity contribution is 5.70. The van der Waals surface area contributed by atoms with Crippen molar-refractivity contribution in [2.24, 2.45) is 0 Å². The third-order valence-electron chi connectivity index (χ3n) is 12.9. The van der Waals surface area contributed by atoms with Crippen molar-refractivity contribution in [3.8, 4) is 0 Å². The lowest BCUT2D eigenvalue weighted by molar-refractivity contribution is -0.163. The van der Waals surface area contributed by atoms with Crippen LogP contribution >= 0.6 is 0 Å². The molecule has 5 heteroatoms. The SMILES string of the molecule is CCCCC/C=C\C/C=C\C/C=C\CCCCCCCCC(=O)OCC(COCCCCCCCCCC/C=C\C/C=C\CCCCC)OC(=O)CCCCCCCCC/C=C\C/C=C\CCCCC. The van der Waals surface area contributed by atoms with Crippen LogP contribution in [0.3, 0.4) is 0 Å². The van der Waals surface area contributed by atoms with Crippen LogP contribution in [0, 0.1) is 0 Å². The minimum absolute atomic E-state index is 0.0704. The van der Waals surface area contributed by atoms with Crippen LogP contribution in [0.4, 0.5) is 0 Å². The van der Waals surface area contributed by atoms with Gasteiger partial charge in [0, 0.05) is 19.4 Å². The van der Waals surface area contributed by atoms with Gasteiger partial charge in [-0.1, -0.05) is 241 Å². The molecule has 5 nitrogen and oxygen atoms in total. The summed E-state index contributed by atoms with van der Waals surface area (Å²) >= 11 is 0. The summed E-state index contributed by atoms with van der Waals surface area (Å²) in [5.41, 5.74) is 0. The van der Waals surface area contributed by atoms with Crippen molar-refractivity contribution in [3.63, 3.8) is 0 Å². The minimum Gasteiger partial charge on any atom is -0.462 e. The van der Waals surface area contributed by atoms with Crippen molar-refractivity contribution in [1.82, 2.24) is 0 Å². The van der Waals surface area contributed by atoms with Gasteiger partial charge in [0.1, 0.15) is 6.61 Å². The van der Waals surface area contributed by atoms with Crippen LogP contribution in [0.2, 0.25) is 0 Å². The Bertz CT molecular complexity index is 1290. The van der Waals surface area contributed by atoms with Crippen molar-refractivity contribution in [3.05, 3.63) is 85.1 Å². The van der Waals surface area contributed by atoms with E-state index in [2.05, 4.69) is 106 Å². The first-order chi connectivity index (χ1) is 34.6. The minimum atomic E-state index is -0.554. The average Bonchev–Trinajstić information content (AvgIpc) is 3.36. The van der Waals surface area contributed by atoms with Gasteiger partial charge in [0.15, 0.2) is 6.10 Å². The van der Waals surface area contributed by atoms with Crippen LogP contribution in [-0.2, 0) is 23.8 Å². The zero-order chi connectivity index (χ0) is 50.6. The quantitative estimate of drug-likeness (QED) is 0.0345. The zero-order valence-corrected chi connectivity index (χ0v) is 46.5. The molecule has 0 fully saturated rings. The van der Waals surface area contributed by atoms with Gasteiger partial charge in [-0.05, 0) is 122 Å². The molecule has 0 N–H and O–H groups in total. The van der Waals surface area contributed by atoms with E-state index in [-0.39, 0.29) is 25.2 Å². The Morgan fingerprint density at radius 2 is 0.600 bits per heavy atom. The summed E-state index contributed by atoms with van der Waals surface area (Å²) in [6, 6.07) is 0. The second kappa shape index (κ2) is 60.4.